The minimum Gasteiger partial charge on any atom is -0.461 e. The standard InChI is InChI=1S/C46H76N2O4/c1-5-7-9-11-13-15-17-19-25-35-47(3)37-27-33-45(49)51-39-41-29-21-23-31-43(41)44-32-24-22-30-42(44)40-52-46(50)34-28-38-48(4)36-26-20-18-16-14-12-10-8-6-2/h21-24,29-32H,5-20,25-28,33-40H2,1-4H3. The summed E-state index contributed by atoms with van der Waals surface area (Å²) in [6, 6.07) is 16.1. The normalized spacial score (nSPS) is 11.4. The Morgan fingerprint density at radius 1 is 0.442 bits per heavy atom. The minimum absolute atomic E-state index is 0.160. The van der Waals surface area contributed by atoms with Crippen molar-refractivity contribution in [2.75, 3.05) is 40.3 Å². The van der Waals surface area contributed by atoms with E-state index in [1.807, 2.05) is 36.4 Å². The van der Waals surface area contributed by atoms with E-state index < -0.39 is 0 Å². The van der Waals surface area contributed by atoms with Gasteiger partial charge in [0, 0.05) is 12.8 Å². The quantitative estimate of drug-likeness (QED) is 0.0540. The number of hydrogen-bond donors (Lipinski definition) is 0. The van der Waals surface area contributed by atoms with E-state index in [9.17, 15) is 9.59 Å². The Hall–Kier alpha value is -2.70. The molecule has 0 aromatic heterocycles. The maximum absolute atomic E-state index is 12.7. The summed E-state index contributed by atoms with van der Waals surface area (Å²) in [5.41, 5.74) is 3.90. The van der Waals surface area contributed by atoms with Crippen molar-refractivity contribution in [1.29, 1.82) is 0 Å². The Morgan fingerprint density at radius 3 is 1.12 bits per heavy atom. The first-order valence-electron chi connectivity index (χ1n) is 21.3. The van der Waals surface area contributed by atoms with E-state index in [2.05, 4.69) is 49.9 Å². The number of carbonyl (C=O) groups excluding carboxylic acids is 2. The lowest BCUT2D eigenvalue weighted by Crippen LogP contribution is -2.21. The lowest BCUT2D eigenvalue weighted by Gasteiger charge is -2.17. The molecule has 0 saturated heterocycles. The van der Waals surface area contributed by atoms with Gasteiger partial charge in [-0.3, -0.25) is 9.59 Å². The largest absolute Gasteiger partial charge is 0.461 e. The number of carbonyl (C=O) groups is 2. The monoisotopic (exact) mass is 721 g/mol. The summed E-state index contributed by atoms with van der Waals surface area (Å²) < 4.78 is 11.5. The van der Waals surface area contributed by atoms with Gasteiger partial charge in [-0.15, -0.1) is 0 Å². The Kier molecular flexibility index (Phi) is 26.9. The molecule has 0 aliphatic rings. The van der Waals surface area contributed by atoms with Crippen LogP contribution in [0.15, 0.2) is 48.5 Å². The maximum Gasteiger partial charge on any atom is 0.306 e. The van der Waals surface area contributed by atoms with Crippen molar-refractivity contribution in [1.82, 2.24) is 9.80 Å². The van der Waals surface area contributed by atoms with Crippen LogP contribution in [0, 0.1) is 0 Å². The average Bonchev–Trinajstić information content (AvgIpc) is 3.15. The second-order valence-electron chi connectivity index (χ2n) is 15.1. The van der Waals surface area contributed by atoms with Crippen molar-refractivity contribution in [2.45, 2.75) is 168 Å². The molecule has 0 atom stereocenters. The number of benzene rings is 2. The summed E-state index contributed by atoms with van der Waals surface area (Å²) in [7, 11) is 4.30. The van der Waals surface area contributed by atoms with Gasteiger partial charge in [0.15, 0.2) is 0 Å². The van der Waals surface area contributed by atoms with Crippen molar-refractivity contribution < 1.29 is 19.1 Å². The van der Waals surface area contributed by atoms with E-state index in [1.54, 1.807) is 0 Å². The van der Waals surface area contributed by atoms with Gasteiger partial charge in [0.2, 0.25) is 0 Å². The smallest absolute Gasteiger partial charge is 0.306 e. The SMILES string of the molecule is CCCCCCCCCCCN(C)CCCC(=O)OCc1ccccc1-c1ccccc1COC(=O)CCCN(C)CCCCCCCCCCC. The van der Waals surface area contributed by atoms with Crippen molar-refractivity contribution in [3.05, 3.63) is 59.7 Å². The fourth-order valence-electron chi connectivity index (χ4n) is 6.87. The van der Waals surface area contributed by atoms with Crippen molar-refractivity contribution in [2.24, 2.45) is 0 Å². The van der Waals surface area contributed by atoms with E-state index in [-0.39, 0.29) is 25.2 Å². The highest BCUT2D eigenvalue weighted by Gasteiger charge is 2.13. The molecule has 0 unspecified atom stereocenters. The Bertz CT molecular complexity index is 1090. The zero-order valence-electron chi connectivity index (χ0n) is 33.9. The molecule has 0 saturated carbocycles. The molecule has 52 heavy (non-hydrogen) atoms. The first kappa shape index (κ1) is 45.5. The lowest BCUT2D eigenvalue weighted by molar-refractivity contribution is -0.146. The van der Waals surface area contributed by atoms with Crippen molar-refractivity contribution in [3.8, 4) is 11.1 Å². The number of ether oxygens (including phenoxy) is 2. The van der Waals surface area contributed by atoms with Gasteiger partial charge in [-0.1, -0.05) is 165 Å². The number of nitrogens with zero attached hydrogens (tertiary/aromatic N) is 2. The van der Waals surface area contributed by atoms with Crippen molar-refractivity contribution >= 4 is 11.9 Å². The first-order chi connectivity index (χ1) is 25.4. The third kappa shape index (κ3) is 22.4. The summed E-state index contributed by atoms with van der Waals surface area (Å²) in [6.07, 6.45) is 26.6. The lowest BCUT2D eigenvalue weighted by atomic mass is 9.96. The molecular formula is C46H76N2O4. The zero-order chi connectivity index (χ0) is 37.5. The molecule has 0 aliphatic carbocycles. The van der Waals surface area contributed by atoms with Gasteiger partial charge in [-0.2, -0.15) is 0 Å². The molecule has 0 spiro atoms. The highest BCUT2D eigenvalue weighted by atomic mass is 16.5. The molecule has 0 fully saturated rings. The molecule has 6 heteroatoms. The third-order valence-corrected chi connectivity index (χ3v) is 10.2. The fourth-order valence-corrected chi connectivity index (χ4v) is 6.87. The van der Waals surface area contributed by atoms with Crippen LogP contribution in [0.25, 0.3) is 11.1 Å². The molecule has 0 N–H and O–H groups in total. The Labute approximate surface area is 319 Å². The van der Waals surface area contributed by atoms with E-state index in [1.165, 1.54) is 116 Å². The van der Waals surface area contributed by atoms with Crippen LogP contribution in [0.2, 0.25) is 0 Å². The number of unbranched alkanes of at least 4 members (excludes halogenated alkanes) is 16. The zero-order valence-corrected chi connectivity index (χ0v) is 33.9. The van der Waals surface area contributed by atoms with Crippen LogP contribution in [-0.4, -0.2) is 62.0 Å². The van der Waals surface area contributed by atoms with Crippen molar-refractivity contribution in [3.63, 3.8) is 0 Å². The molecule has 0 heterocycles. The van der Waals surface area contributed by atoms with E-state index in [4.69, 9.17) is 9.47 Å². The summed E-state index contributed by atoms with van der Waals surface area (Å²) in [5.74, 6) is -0.320. The molecule has 2 aromatic rings. The van der Waals surface area contributed by atoms with Crippen LogP contribution >= 0.6 is 0 Å². The second-order valence-corrected chi connectivity index (χ2v) is 15.1. The molecule has 0 aliphatic heterocycles. The topological polar surface area (TPSA) is 59.1 Å². The molecule has 0 radical (unpaired) electrons. The van der Waals surface area contributed by atoms with E-state index in [0.29, 0.717) is 12.8 Å². The molecule has 0 amide bonds. The summed E-state index contributed by atoms with van der Waals surface area (Å²) in [6.45, 7) is 8.98. The van der Waals surface area contributed by atoms with Gasteiger partial charge in [0.05, 0.1) is 0 Å². The van der Waals surface area contributed by atoms with Gasteiger partial charge in [-0.25, -0.2) is 0 Å². The maximum atomic E-state index is 12.7. The summed E-state index contributed by atoms with van der Waals surface area (Å²) in [5, 5.41) is 0. The minimum atomic E-state index is -0.160. The number of rotatable bonds is 33. The Morgan fingerprint density at radius 2 is 0.750 bits per heavy atom. The highest BCUT2D eigenvalue weighted by Crippen LogP contribution is 2.28. The molecule has 294 valence electrons. The van der Waals surface area contributed by atoms with Crippen LogP contribution in [0.5, 0.6) is 0 Å². The number of esters is 2. The summed E-state index contributed by atoms with van der Waals surface area (Å²) in [4.78, 5) is 30.0. The average molecular weight is 721 g/mol. The van der Waals surface area contributed by atoms with Crippen LogP contribution < -0.4 is 0 Å². The van der Waals surface area contributed by atoms with Crippen LogP contribution in [-0.2, 0) is 32.3 Å². The van der Waals surface area contributed by atoms with Crippen LogP contribution in [0.3, 0.4) is 0 Å². The Balaban J connectivity index is 1.66. The van der Waals surface area contributed by atoms with Gasteiger partial charge in [-0.05, 0) is 88.2 Å². The highest BCUT2D eigenvalue weighted by molar-refractivity contribution is 5.73. The first-order valence-corrected chi connectivity index (χ1v) is 21.3. The summed E-state index contributed by atoms with van der Waals surface area (Å²) >= 11 is 0. The van der Waals surface area contributed by atoms with E-state index in [0.717, 1.165) is 61.3 Å². The van der Waals surface area contributed by atoms with Gasteiger partial charge in [0.25, 0.3) is 0 Å². The molecule has 6 nitrogen and oxygen atoms in total. The van der Waals surface area contributed by atoms with Crippen LogP contribution in [0.1, 0.15) is 166 Å². The fraction of sp³-hybridized carbons (Fsp3) is 0.696. The van der Waals surface area contributed by atoms with Gasteiger partial charge >= 0.3 is 11.9 Å². The van der Waals surface area contributed by atoms with E-state index >= 15 is 0 Å². The molecule has 0 bridgehead atoms. The van der Waals surface area contributed by atoms with Gasteiger partial charge in [0.1, 0.15) is 13.2 Å². The molecule has 2 rings (SSSR count). The number of hydrogen-bond acceptors (Lipinski definition) is 6. The predicted octanol–water partition coefficient (Wildman–Crippen LogP) is 11.9. The predicted molar refractivity (Wildman–Crippen MR) is 219 cm³/mol. The molecular weight excluding hydrogens is 645 g/mol. The van der Waals surface area contributed by atoms with Crippen LogP contribution in [0.4, 0.5) is 0 Å². The third-order valence-electron chi connectivity index (χ3n) is 10.2. The molecule has 2 aromatic carbocycles. The van der Waals surface area contributed by atoms with Gasteiger partial charge < -0.3 is 19.3 Å². The second kappa shape index (κ2) is 30.7.